The summed E-state index contributed by atoms with van der Waals surface area (Å²) in [6.45, 7) is 4.99. The molecule has 3 nitrogen and oxygen atoms in total. The largest absolute Gasteiger partial charge is 0.382 e. The highest BCUT2D eigenvalue weighted by molar-refractivity contribution is 4.89. The second-order valence-corrected chi connectivity index (χ2v) is 4.34. The zero-order chi connectivity index (χ0) is 11.3. The minimum Gasteiger partial charge on any atom is -0.382 e. The molecule has 0 radical (unpaired) electrons. The number of unbranched alkanes of at least 4 members (excludes halogenated alkanes) is 1. The van der Waals surface area contributed by atoms with Gasteiger partial charge in [0.25, 0.3) is 0 Å². The zero-order valence-electron chi connectivity index (χ0n) is 10.4. The molecule has 0 spiro atoms. The van der Waals surface area contributed by atoms with Gasteiger partial charge < -0.3 is 14.2 Å². The second-order valence-electron chi connectivity index (χ2n) is 4.34. The van der Waals surface area contributed by atoms with Crippen LogP contribution in [0.15, 0.2) is 0 Å². The molecule has 0 aromatic rings. The fraction of sp³-hybridized carbons (Fsp3) is 1.00. The van der Waals surface area contributed by atoms with Crippen molar-refractivity contribution >= 4 is 0 Å². The summed E-state index contributed by atoms with van der Waals surface area (Å²) in [5, 5.41) is 0. The summed E-state index contributed by atoms with van der Waals surface area (Å²) in [5.74, 6) is 0.523. The van der Waals surface area contributed by atoms with E-state index in [9.17, 15) is 0 Å². The Morgan fingerprint density at radius 2 is 2.00 bits per heavy atom. The number of methoxy groups -OCH3 is 2. The maximum Gasteiger partial charge on any atom is 0.108 e. The molecule has 0 bridgehead atoms. The smallest absolute Gasteiger partial charge is 0.108 e. The molecule has 4 atom stereocenters. The van der Waals surface area contributed by atoms with Gasteiger partial charge in [0.2, 0.25) is 0 Å². The van der Waals surface area contributed by atoms with Crippen LogP contribution < -0.4 is 0 Å². The molecule has 1 unspecified atom stereocenters. The fourth-order valence-corrected chi connectivity index (χ4v) is 2.46. The average molecular weight is 216 g/mol. The molecular formula is C12H24O3. The van der Waals surface area contributed by atoms with Gasteiger partial charge in [-0.25, -0.2) is 0 Å². The van der Waals surface area contributed by atoms with Crippen LogP contribution in [0.2, 0.25) is 0 Å². The van der Waals surface area contributed by atoms with Crippen molar-refractivity contribution < 1.29 is 14.2 Å². The summed E-state index contributed by atoms with van der Waals surface area (Å²) < 4.78 is 16.6. The summed E-state index contributed by atoms with van der Waals surface area (Å²) in [4.78, 5) is 0. The number of ether oxygens (including phenoxy) is 3. The fourth-order valence-electron chi connectivity index (χ4n) is 2.46. The van der Waals surface area contributed by atoms with E-state index in [0.29, 0.717) is 18.6 Å². The van der Waals surface area contributed by atoms with Gasteiger partial charge in [0.05, 0.1) is 18.8 Å². The lowest BCUT2D eigenvalue weighted by Gasteiger charge is -2.21. The molecule has 0 N–H and O–H groups in total. The Morgan fingerprint density at radius 3 is 2.53 bits per heavy atom. The van der Waals surface area contributed by atoms with E-state index in [0.717, 1.165) is 0 Å². The molecule has 0 saturated carbocycles. The Labute approximate surface area is 93.1 Å². The maximum atomic E-state index is 5.86. The van der Waals surface area contributed by atoms with Crippen molar-refractivity contribution in [1.29, 1.82) is 0 Å². The van der Waals surface area contributed by atoms with Crippen LogP contribution in [0, 0.1) is 5.92 Å². The average Bonchev–Trinajstić information content (AvgIpc) is 2.52. The van der Waals surface area contributed by atoms with Gasteiger partial charge in [-0.2, -0.15) is 0 Å². The van der Waals surface area contributed by atoms with E-state index in [1.807, 2.05) is 0 Å². The molecule has 0 aliphatic carbocycles. The van der Waals surface area contributed by atoms with Crippen molar-refractivity contribution in [3.8, 4) is 0 Å². The molecule has 15 heavy (non-hydrogen) atoms. The molecule has 0 aromatic heterocycles. The molecule has 1 aliphatic rings. The van der Waals surface area contributed by atoms with Crippen molar-refractivity contribution in [3.05, 3.63) is 0 Å². The van der Waals surface area contributed by atoms with Crippen molar-refractivity contribution in [3.63, 3.8) is 0 Å². The highest BCUT2D eigenvalue weighted by Crippen LogP contribution is 2.32. The summed E-state index contributed by atoms with van der Waals surface area (Å²) in [7, 11) is 3.48. The van der Waals surface area contributed by atoms with Crippen LogP contribution in [-0.4, -0.2) is 39.1 Å². The van der Waals surface area contributed by atoms with Gasteiger partial charge in [-0.1, -0.05) is 19.8 Å². The van der Waals surface area contributed by atoms with E-state index in [1.54, 1.807) is 14.2 Å². The van der Waals surface area contributed by atoms with Gasteiger partial charge in [0.15, 0.2) is 0 Å². The molecule has 1 heterocycles. The lowest BCUT2D eigenvalue weighted by molar-refractivity contribution is -0.0413. The maximum absolute atomic E-state index is 5.86. The van der Waals surface area contributed by atoms with E-state index in [1.165, 1.54) is 19.3 Å². The van der Waals surface area contributed by atoms with Crippen LogP contribution >= 0.6 is 0 Å². The first-order valence-electron chi connectivity index (χ1n) is 5.91. The Balaban J connectivity index is 2.52. The number of hydrogen-bond acceptors (Lipinski definition) is 3. The van der Waals surface area contributed by atoms with Gasteiger partial charge in [-0.15, -0.1) is 0 Å². The summed E-state index contributed by atoms with van der Waals surface area (Å²) >= 11 is 0. The quantitative estimate of drug-likeness (QED) is 0.681. The monoisotopic (exact) mass is 216 g/mol. The predicted molar refractivity (Wildman–Crippen MR) is 60.0 cm³/mol. The first-order valence-corrected chi connectivity index (χ1v) is 5.91. The van der Waals surface area contributed by atoms with Gasteiger partial charge in [-0.05, 0) is 13.3 Å². The summed E-state index contributed by atoms with van der Waals surface area (Å²) in [6, 6.07) is 0. The van der Waals surface area contributed by atoms with Crippen molar-refractivity contribution in [2.75, 3.05) is 20.8 Å². The van der Waals surface area contributed by atoms with Crippen molar-refractivity contribution in [1.82, 2.24) is 0 Å². The Hall–Kier alpha value is -0.120. The molecule has 1 rings (SSSR count). The third kappa shape index (κ3) is 3.16. The van der Waals surface area contributed by atoms with Crippen LogP contribution in [0.1, 0.15) is 33.1 Å². The van der Waals surface area contributed by atoms with Gasteiger partial charge in [0, 0.05) is 20.1 Å². The highest BCUT2D eigenvalue weighted by atomic mass is 16.6. The lowest BCUT2D eigenvalue weighted by Crippen LogP contribution is -2.32. The second kappa shape index (κ2) is 6.46. The first kappa shape index (κ1) is 12.9. The minimum absolute atomic E-state index is 0.108. The van der Waals surface area contributed by atoms with Crippen LogP contribution in [0.25, 0.3) is 0 Å². The molecule has 1 saturated heterocycles. The Morgan fingerprint density at radius 1 is 1.27 bits per heavy atom. The van der Waals surface area contributed by atoms with E-state index >= 15 is 0 Å². The van der Waals surface area contributed by atoms with E-state index in [-0.39, 0.29) is 12.2 Å². The molecule has 1 aliphatic heterocycles. The topological polar surface area (TPSA) is 27.7 Å². The van der Waals surface area contributed by atoms with Crippen LogP contribution in [0.4, 0.5) is 0 Å². The van der Waals surface area contributed by atoms with Crippen LogP contribution in [0.5, 0.6) is 0 Å². The third-order valence-corrected chi connectivity index (χ3v) is 3.27. The van der Waals surface area contributed by atoms with E-state index in [2.05, 4.69) is 13.8 Å². The number of hydrogen-bond donors (Lipinski definition) is 0. The standard InChI is InChI=1S/C12H24O3/c1-5-6-7-10-9(2)15-11(8-13-3)12(10)14-4/h9-12H,5-8H2,1-4H3/t9-,10?,11+,12+/m0/s1. The summed E-state index contributed by atoms with van der Waals surface area (Å²) in [5.41, 5.74) is 0. The summed E-state index contributed by atoms with van der Waals surface area (Å²) in [6.07, 6.45) is 4.27. The van der Waals surface area contributed by atoms with Crippen LogP contribution in [-0.2, 0) is 14.2 Å². The predicted octanol–water partition coefficient (Wildman–Crippen LogP) is 2.24. The Bertz CT molecular complexity index is 172. The zero-order valence-corrected chi connectivity index (χ0v) is 10.4. The lowest BCUT2D eigenvalue weighted by atomic mass is 9.91. The molecule has 90 valence electrons. The SMILES string of the molecule is CCCCC1[C@H](C)O[C@H](COC)[C@@H]1OC. The van der Waals surface area contributed by atoms with Gasteiger partial charge in [0.1, 0.15) is 6.10 Å². The Kier molecular flexibility index (Phi) is 5.58. The first-order chi connectivity index (χ1) is 7.24. The van der Waals surface area contributed by atoms with E-state index in [4.69, 9.17) is 14.2 Å². The molecule has 3 heteroatoms. The van der Waals surface area contributed by atoms with Crippen LogP contribution in [0.3, 0.4) is 0 Å². The highest BCUT2D eigenvalue weighted by Gasteiger charge is 2.41. The van der Waals surface area contributed by atoms with Gasteiger partial charge in [-0.3, -0.25) is 0 Å². The third-order valence-electron chi connectivity index (χ3n) is 3.27. The minimum atomic E-state index is 0.108. The van der Waals surface area contributed by atoms with Crippen molar-refractivity contribution in [2.24, 2.45) is 5.92 Å². The van der Waals surface area contributed by atoms with Crippen molar-refractivity contribution in [2.45, 2.75) is 51.4 Å². The molecular weight excluding hydrogens is 192 g/mol. The molecule has 0 amide bonds. The normalized spacial score (nSPS) is 36.0. The van der Waals surface area contributed by atoms with E-state index < -0.39 is 0 Å². The number of rotatable bonds is 6. The molecule has 0 aromatic carbocycles. The van der Waals surface area contributed by atoms with Gasteiger partial charge >= 0.3 is 0 Å². The molecule has 1 fully saturated rings.